The van der Waals surface area contributed by atoms with Crippen molar-refractivity contribution in [3.05, 3.63) is 18.4 Å². The van der Waals surface area contributed by atoms with Gasteiger partial charge in [0.25, 0.3) is 0 Å². The van der Waals surface area contributed by atoms with Crippen LogP contribution in [0.2, 0.25) is 0 Å². The van der Waals surface area contributed by atoms with Crippen molar-refractivity contribution < 1.29 is 13.9 Å². The number of hydrogen-bond donors (Lipinski definition) is 2. The molecule has 0 radical (unpaired) electrons. The highest BCUT2D eigenvalue weighted by Gasteiger charge is 2.32. The second-order valence-corrected chi connectivity index (χ2v) is 5.75. The number of aromatic nitrogens is 1. The molecule has 2 N–H and O–H groups in total. The molecule has 2 unspecified atom stereocenters. The summed E-state index contributed by atoms with van der Waals surface area (Å²) in [5.41, 5.74) is -0.515. The van der Waals surface area contributed by atoms with Gasteiger partial charge >= 0.3 is 6.09 Å². The van der Waals surface area contributed by atoms with Crippen LogP contribution in [0, 0.1) is 5.92 Å². The lowest BCUT2D eigenvalue weighted by molar-refractivity contribution is 0.0476. The molecule has 19 heavy (non-hydrogen) atoms. The van der Waals surface area contributed by atoms with E-state index in [1.165, 1.54) is 6.26 Å². The lowest BCUT2D eigenvalue weighted by Gasteiger charge is -2.25. The molecule has 6 nitrogen and oxygen atoms in total. The number of nitrogens with zero attached hydrogens (tertiary/aromatic N) is 1. The van der Waals surface area contributed by atoms with Crippen LogP contribution >= 0.6 is 0 Å². The zero-order chi connectivity index (χ0) is 13.9. The summed E-state index contributed by atoms with van der Waals surface area (Å²) in [4.78, 5) is 16.0. The maximum atomic E-state index is 11.9. The fraction of sp³-hybridized carbons (Fsp3) is 0.692. The Morgan fingerprint density at radius 3 is 2.95 bits per heavy atom. The van der Waals surface area contributed by atoms with Gasteiger partial charge in [-0.3, -0.25) is 0 Å². The molecule has 1 aliphatic rings. The first-order valence-electron chi connectivity index (χ1n) is 6.55. The standard InChI is InChI=1S/C13H21N3O3/c1-13(2,3)19-12(17)16-10(9-4-5-14-8-9)11-15-6-7-18-11/h6-7,9-10,14H,4-5,8H2,1-3H3,(H,16,17). The van der Waals surface area contributed by atoms with Gasteiger partial charge in [0.05, 0.1) is 6.20 Å². The number of amides is 1. The van der Waals surface area contributed by atoms with Crippen molar-refractivity contribution >= 4 is 6.09 Å². The lowest BCUT2D eigenvalue weighted by Crippen LogP contribution is -2.38. The van der Waals surface area contributed by atoms with E-state index in [1.807, 2.05) is 20.8 Å². The van der Waals surface area contributed by atoms with Crippen LogP contribution in [0.5, 0.6) is 0 Å². The number of hydrogen-bond acceptors (Lipinski definition) is 5. The van der Waals surface area contributed by atoms with E-state index in [4.69, 9.17) is 9.15 Å². The Morgan fingerprint density at radius 2 is 2.42 bits per heavy atom. The molecular weight excluding hydrogens is 246 g/mol. The van der Waals surface area contributed by atoms with Gasteiger partial charge in [0.2, 0.25) is 5.89 Å². The molecule has 2 atom stereocenters. The van der Waals surface area contributed by atoms with E-state index in [1.54, 1.807) is 6.20 Å². The molecule has 6 heteroatoms. The number of alkyl carbamates (subject to hydrolysis) is 1. The third-order valence-corrected chi connectivity index (χ3v) is 2.96. The van der Waals surface area contributed by atoms with Crippen LogP contribution in [0.4, 0.5) is 4.79 Å². The maximum Gasteiger partial charge on any atom is 0.408 e. The molecule has 1 aromatic heterocycles. The minimum absolute atomic E-state index is 0.250. The van der Waals surface area contributed by atoms with Crippen molar-refractivity contribution in [2.75, 3.05) is 13.1 Å². The first-order chi connectivity index (χ1) is 8.96. The van der Waals surface area contributed by atoms with Crippen LogP contribution in [0.15, 0.2) is 16.9 Å². The monoisotopic (exact) mass is 267 g/mol. The summed E-state index contributed by atoms with van der Waals surface area (Å²) < 4.78 is 10.6. The van der Waals surface area contributed by atoms with Gasteiger partial charge in [0.15, 0.2) is 0 Å². The molecule has 106 valence electrons. The fourth-order valence-corrected chi connectivity index (χ4v) is 2.17. The third kappa shape index (κ3) is 3.96. The molecule has 0 aliphatic carbocycles. The van der Waals surface area contributed by atoms with Crippen LogP contribution in [0.25, 0.3) is 0 Å². The number of rotatable bonds is 3. The minimum Gasteiger partial charge on any atom is -0.447 e. The van der Waals surface area contributed by atoms with Crippen LogP contribution in [-0.4, -0.2) is 29.8 Å². The molecule has 1 aromatic rings. The first kappa shape index (κ1) is 13.9. The van der Waals surface area contributed by atoms with Crippen LogP contribution in [0.1, 0.15) is 39.1 Å². The molecule has 0 spiro atoms. The van der Waals surface area contributed by atoms with Crippen LogP contribution in [-0.2, 0) is 4.74 Å². The molecule has 2 heterocycles. The molecular formula is C13H21N3O3. The molecule has 2 rings (SSSR count). The molecule has 0 saturated carbocycles. The quantitative estimate of drug-likeness (QED) is 0.874. The summed E-state index contributed by atoms with van der Waals surface area (Å²) in [6.45, 7) is 7.29. The topological polar surface area (TPSA) is 76.4 Å². The highest BCUT2D eigenvalue weighted by molar-refractivity contribution is 5.68. The van der Waals surface area contributed by atoms with Crippen molar-refractivity contribution in [1.82, 2.24) is 15.6 Å². The van der Waals surface area contributed by atoms with Gasteiger partial charge in [-0.05, 0) is 33.7 Å². The van der Waals surface area contributed by atoms with Crippen molar-refractivity contribution in [2.45, 2.75) is 38.8 Å². The zero-order valence-electron chi connectivity index (χ0n) is 11.6. The molecule has 1 fully saturated rings. The van der Waals surface area contributed by atoms with E-state index in [9.17, 15) is 4.79 Å². The summed E-state index contributed by atoms with van der Waals surface area (Å²) >= 11 is 0. The van der Waals surface area contributed by atoms with Crippen LogP contribution < -0.4 is 10.6 Å². The van der Waals surface area contributed by atoms with Crippen molar-refractivity contribution in [1.29, 1.82) is 0 Å². The lowest BCUT2D eigenvalue weighted by atomic mass is 9.99. The zero-order valence-corrected chi connectivity index (χ0v) is 11.6. The van der Waals surface area contributed by atoms with Gasteiger partial charge in [-0.2, -0.15) is 0 Å². The molecule has 1 amide bonds. The summed E-state index contributed by atoms with van der Waals surface area (Å²) in [5.74, 6) is 0.797. The number of ether oxygens (including phenoxy) is 1. The smallest absolute Gasteiger partial charge is 0.408 e. The molecule has 1 aliphatic heterocycles. The van der Waals surface area contributed by atoms with Gasteiger partial charge in [0, 0.05) is 12.5 Å². The van der Waals surface area contributed by atoms with Gasteiger partial charge in [0.1, 0.15) is 17.9 Å². The van der Waals surface area contributed by atoms with E-state index in [0.29, 0.717) is 5.89 Å². The predicted octanol–water partition coefficient (Wildman–Crippen LogP) is 1.85. The maximum absolute atomic E-state index is 11.9. The summed E-state index contributed by atoms with van der Waals surface area (Å²) in [7, 11) is 0. The minimum atomic E-state index is -0.515. The normalized spacial score (nSPS) is 21.1. The van der Waals surface area contributed by atoms with Crippen molar-refractivity contribution in [3.8, 4) is 0 Å². The molecule has 0 bridgehead atoms. The predicted molar refractivity (Wildman–Crippen MR) is 69.6 cm³/mol. The largest absolute Gasteiger partial charge is 0.447 e. The van der Waals surface area contributed by atoms with Crippen molar-refractivity contribution in [3.63, 3.8) is 0 Å². The summed E-state index contributed by atoms with van der Waals surface area (Å²) in [5, 5.41) is 6.14. The third-order valence-electron chi connectivity index (χ3n) is 2.96. The van der Waals surface area contributed by atoms with Crippen LogP contribution in [0.3, 0.4) is 0 Å². The van der Waals surface area contributed by atoms with E-state index >= 15 is 0 Å². The fourth-order valence-electron chi connectivity index (χ4n) is 2.17. The highest BCUT2D eigenvalue weighted by atomic mass is 16.6. The first-order valence-corrected chi connectivity index (χ1v) is 6.55. The number of carbonyl (C=O) groups is 1. The summed E-state index contributed by atoms with van der Waals surface area (Å²) in [6.07, 6.45) is 3.63. The average Bonchev–Trinajstić information content (AvgIpc) is 2.97. The Kier molecular flexibility index (Phi) is 4.09. The number of nitrogens with one attached hydrogen (secondary N) is 2. The van der Waals surface area contributed by atoms with E-state index in [0.717, 1.165) is 19.5 Å². The molecule has 1 saturated heterocycles. The Labute approximate surface area is 112 Å². The van der Waals surface area contributed by atoms with Gasteiger partial charge in [-0.25, -0.2) is 9.78 Å². The molecule has 0 aromatic carbocycles. The van der Waals surface area contributed by atoms with E-state index < -0.39 is 11.7 Å². The number of oxazole rings is 1. The Bertz CT molecular complexity index is 405. The van der Waals surface area contributed by atoms with E-state index in [2.05, 4.69) is 15.6 Å². The second-order valence-electron chi connectivity index (χ2n) is 5.75. The average molecular weight is 267 g/mol. The van der Waals surface area contributed by atoms with E-state index in [-0.39, 0.29) is 12.0 Å². The highest BCUT2D eigenvalue weighted by Crippen LogP contribution is 2.26. The van der Waals surface area contributed by atoms with Crippen molar-refractivity contribution in [2.24, 2.45) is 5.92 Å². The Balaban J connectivity index is 2.04. The number of carbonyl (C=O) groups excluding carboxylic acids is 1. The SMILES string of the molecule is CC(C)(C)OC(=O)NC(c1ncco1)C1CCNC1. The summed E-state index contributed by atoms with van der Waals surface area (Å²) in [6, 6.07) is -0.250. The Hall–Kier alpha value is -1.56. The van der Waals surface area contributed by atoms with Gasteiger partial charge < -0.3 is 19.8 Å². The van der Waals surface area contributed by atoms with Gasteiger partial charge in [-0.1, -0.05) is 0 Å². The van der Waals surface area contributed by atoms with Gasteiger partial charge in [-0.15, -0.1) is 0 Å². The Morgan fingerprint density at radius 1 is 1.63 bits per heavy atom. The second kappa shape index (κ2) is 5.61.